The fourth-order valence-corrected chi connectivity index (χ4v) is 1.66. The van der Waals surface area contributed by atoms with Gasteiger partial charge in [0, 0.05) is 5.02 Å². The third kappa shape index (κ3) is 4.75. The Labute approximate surface area is 106 Å². The lowest BCUT2D eigenvalue weighted by atomic mass is 10.1. The molecule has 0 amide bonds. The summed E-state index contributed by atoms with van der Waals surface area (Å²) in [6, 6.07) is 6.90. The molecule has 0 fully saturated rings. The van der Waals surface area contributed by atoms with Crippen LogP contribution in [0.25, 0.3) is 0 Å². The van der Waals surface area contributed by atoms with E-state index in [1.54, 1.807) is 45.0 Å². The van der Waals surface area contributed by atoms with Crippen molar-refractivity contribution < 1.29 is 14.6 Å². The molecule has 1 aromatic carbocycles. The first-order chi connectivity index (χ1) is 7.79. The van der Waals surface area contributed by atoms with E-state index in [1.165, 1.54) is 0 Å². The molecule has 0 aliphatic heterocycles. The van der Waals surface area contributed by atoms with Gasteiger partial charge in [-0.25, -0.2) is 0 Å². The van der Waals surface area contributed by atoms with Crippen LogP contribution in [0.5, 0.6) is 0 Å². The van der Waals surface area contributed by atoms with E-state index in [9.17, 15) is 9.90 Å². The predicted octanol–water partition coefficient (Wildman–Crippen LogP) is 3.11. The van der Waals surface area contributed by atoms with Crippen LogP contribution in [0.2, 0.25) is 5.02 Å². The van der Waals surface area contributed by atoms with E-state index in [4.69, 9.17) is 16.3 Å². The van der Waals surface area contributed by atoms with Crippen molar-refractivity contribution in [1.29, 1.82) is 0 Å². The molecule has 0 radical (unpaired) electrons. The molecule has 1 atom stereocenters. The SMILES string of the molecule is CC(C)(C)OC(=O)CC(O)c1ccccc1Cl. The zero-order chi connectivity index (χ0) is 13.1. The second-order valence-electron chi connectivity index (χ2n) is 4.83. The minimum absolute atomic E-state index is 0.0962. The van der Waals surface area contributed by atoms with Crippen LogP contribution >= 0.6 is 11.6 Å². The lowest BCUT2D eigenvalue weighted by molar-refractivity contribution is -0.157. The van der Waals surface area contributed by atoms with Crippen molar-refractivity contribution >= 4 is 17.6 Å². The van der Waals surface area contributed by atoms with Crippen LogP contribution in [0.3, 0.4) is 0 Å². The Morgan fingerprint density at radius 1 is 1.41 bits per heavy atom. The highest BCUT2D eigenvalue weighted by atomic mass is 35.5. The van der Waals surface area contributed by atoms with E-state index in [0.717, 1.165) is 0 Å². The number of halogens is 1. The predicted molar refractivity (Wildman–Crippen MR) is 66.9 cm³/mol. The van der Waals surface area contributed by atoms with Gasteiger partial charge in [0.2, 0.25) is 0 Å². The second-order valence-corrected chi connectivity index (χ2v) is 5.24. The Morgan fingerprint density at radius 3 is 2.53 bits per heavy atom. The van der Waals surface area contributed by atoms with E-state index < -0.39 is 17.7 Å². The van der Waals surface area contributed by atoms with Crippen molar-refractivity contribution in [2.24, 2.45) is 0 Å². The summed E-state index contributed by atoms with van der Waals surface area (Å²) in [4.78, 5) is 11.5. The molecule has 0 aliphatic rings. The topological polar surface area (TPSA) is 46.5 Å². The molecule has 1 rings (SSSR count). The molecule has 1 N–H and O–H groups in total. The maximum atomic E-state index is 11.5. The molecule has 3 nitrogen and oxygen atoms in total. The number of aliphatic hydroxyl groups excluding tert-OH is 1. The molecule has 0 aliphatic carbocycles. The third-order valence-corrected chi connectivity index (χ3v) is 2.39. The van der Waals surface area contributed by atoms with E-state index in [1.807, 2.05) is 0 Å². The average molecular weight is 257 g/mol. The monoisotopic (exact) mass is 256 g/mol. The first-order valence-electron chi connectivity index (χ1n) is 5.44. The fraction of sp³-hybridized carbons (Fsp3) is 0.462. The molecule has 1 unspecified atom stereocenters. The summed E-state index contributed by atoms with van der Waals surface area (Å²) in [6.07, 6.45) is -1.03. The number of hydrogen-bond acceptors (Lipinski definition) is 3. The van der Waals surface area contributed by atoms with Gasteiger partial charge in [-0.2, -0.15) is 0 Å². The largest absolute Gasteiger partial charge is 0.460 e. The maximum Gasteiger partial charge on any atom is 0.309 e. The molecule has 4 heteroatoms. The Morgan fingerprint density at radius 2 is 2.00 bits per heavy atom. The van der Waals surface area contributed by atoms with Crippen LogP contribution in [0.15, 0.2) is 24.3 Å². The third-order valence-electron chi connectivity index (χ3n) is 2.04. The van der Waals surface area contributed by atoms with Crippen molar-refractivity contribution in [3.63, 3.8) is 0 Å². The molecule has 94 valence electrons. The lowest BCUT2D eigenvalue weighted by Gasteiger charge is -2.21. The number of rotatable bonds is 3. The van der Waals surface area contributed by atoms with E-state index in [0.29, 0.717) is 10.6 Å². The van der Waals surface area contributed by atoms with Crippen molar-refractivity contribution in [3.05, 3.63) is 34.9 Å². The van der Waals surface area contributed by atoms with E-state index in [-0.39, 0.29) is 6.42 Å². The summed E-state index contributed by atoms with van der Waals surface area (Å²) >= 11 is 5.92. The van der Waals surface area contributed by atoms with Gasteiger partial charge in [-0.3, -0.25) is 4.79 Å². The summed E-state index contributed by atoms with van der Waals surface area (Å²) < 4.78 is 5.13. The van der Waals surface area contributed by atoms with Crippen LogP contribution < -0.4 is 0 Å². The lowest BCUT2D eigenvalue weighted by Crippen LogP contribution is -2.24. The van der Waals surface area contributed by atoms with E-state index >= 15 is 0 Å². The number of carbonyl (C=O) groups is 1. The maximum absolute atomic E-state index is 11.5. The second kappa shape index (κ2) is 5.52. The zero-order valence-electron chi connectivity index (χ0n) is 10.2. The molecule has 0 spiro atoms. The average Bonchev–Trinajstić information content (AvgIpc) is 2.14. The van der Waals surface area contributed by atoms with Gasteiger partial charge in [0.15, 0.2) is 0 Å². The first kappa shape index (κ1) is 14.0. The van der Waals surface area contributed by atoms with Crippen LogP contribution in [0, 0.1) is 0 Å². The Balaban J connectivity index is 2.64. The van der Waals surface area contributed by atoms with Crippen LogP contribution in [0.4, 0.5) is 0 Å². The molecule has 1 aromatic rings. The number of hydrogen-bond donors (Lipinski definition) is 1. The molecular formula is C13H17ClO3. The van der Waals surface area contributed by atoms with Crippen molar-refractivity contribution in [2.45, 2.75) is 38.9 Å². The van der Waals surface area contributed by atoms with Gasteiger partial charge in [0.05, 0.1) is 12.5 Å². The summed E-state index contributed by atoms with van der Waals surface area (Å²) in [5.74, 6) is -0.440. The standard InChI is InChI=1S/C13H17ClO3/c1-13(2,3)17-12(16)8-11(15)9-6-4-5-7-10(9)14/h4-7,11,15H,8H2,1-3H3. The Hall–Kier alpha value is -1.06. The highest BCUT2D eigenvalue weighted by molar-refractivity contribution is 6.31. The molecule has 0 bridgehead atoms. The number of esters is 1. The van der Waals surface area contributed by atoms with Crippen molar-refractivity contribution in [1.82, 2.24) is 0 Å². The van der Waals surface area contributed by atoms with Gasteiger partial charge in [-0.05, 0) is 32.4 Å². The van der Waals surface area contributed by atoms with Crippen LogP contribution in [-0.2, 0) is 9.53 Å². The number of ether oxygens (including phenoxy) is 1. The Bertz CT molecular complexity index is 396. The number of carbonyl (C=O) groups excluding carboxylic acids is 1. The molecule has 17 heavy (non-hydrogen) atoms. The van der Waals surface area contributed by atoms with Gasteiger partial charge in [0.25, 0.3) is 0 Å². The van der Waals surface area contributed by atoms with Gasteiger partial charge >= 0.3 is 5.97 Å². The first-order valence-corrected chi connectivity index (χ1v) is 5.82. The van der Waals surface area contributed by atoms with Gasteiger partial charge < -0.3 is 9.84 Å². The minimum atomic E-state index is -0.932. The highest BCUT2D eigenvalue weighted by Crippen LogP contribution is 2.25. The van der Waals surface area contributed by atoms with Crippen LogP contribution in [0.1, 0.15) is 38.9 Å². The van der Waals surface area contributed by atoms with Crippen molar-refractivity contribution in [2.75, 3.05) is 0 Å². The molecular weight excluding hydrogens is 240 g/mol. The molecule has 0 saturated carbocycles. The Kier molecular flexibility index (Phi) is 4.54. The van der Waals surface area contributed by atoms with Gasteiger partial charge in [0.1, 0.15) is 5.60 Å². The summed E-state index contributed by atoms with van der Waals surface area (Å²) in [5, 5.41) is 10.3. The fourth-order valence-electron chi connectivity index (χ4n) is 1.40. The summed E-state index contributed by atoms with van der Waals surface area (Å²) in [5.41, 5.74) is -0.00267. The molecule has 0 saturated heterocycles. The zero-order valence-corrected chi connectivity index (χ0v) is 11.0. The van der Waals surface area contributed by atoms with Gasteiger partial charge in [-0.15, -0.1) is 0 Å². The van der Waals surface area contributed by atoms with Gasteiger partial charge in [-0.1, -0.05) is 29.8 Å². The quantitative estimate of drug-likeness (QED) is 0.846. The number of benzene rings is 1. The normalized spacial score (nSPS) is 13.2. The number of aliphatic hydroxyl groups is 1. The van der Waals surface area contributed by atoms with E-state index in [2.05, 4.69) is 0 Å². The van der Waals surface area contributed by atoms with Crippen LogP contribution in [-0.4, -0.2) is 16.7 Å². The molecule has 0 aromatic heterocycles. The summed E-state index contributed by atoms with van der Waals surface area (Å²) in [6.45, 7) is 5.35. The highest BCUT2D eigenvalue weighted by Gasteiger charge is 2.21. The smallest absolute Gasteiger partial charge is 0.309 e. The summed E-state index contributed by atoms with van der Waals surface area (Å²) in [7, 11) is 0. The minimum Gasteiger partial charge on any atom is -0.460 e. The van der Waals surface area contributed by atoms with Crippen molar-refractivity contribution in [3.8, 4) is 0 Å². The molecule has 0 heterocycles.